The molecule has 4 aromatic rings. The first-order valence-electron chi connectivity index (χ1n) is 7.38. The Kier molecular flexibility index (Phi) is 3.91. The van der Waals surface area contributed by atoms with Gasteiger partial charge in [0.05, 0.1) is 22.4 Å². The van der Waals surface area contributed by atoms with Crippen molar-refractivity contribution in [2.24, 2.45) is 0 Å². The summed E-state index contributed by atoms with van der Waals surface area (Å²) in [6, 6.07) is 12.8. The van der Waals surface area contributed by atoms with Crippen LogP contribution in [0.3, 0.4) is 0 Å². The summed E-state index contributed by atoms with van der Waals surface area (Å²) < 4.78 is 0. The van der Waals surface area contributed by atoms with Crippen molar-refractivity contribution in [3.63, 3.8) is 0 Å². The van der Waals surface area contributed by atoms with Gasteiger partial charge in [0.25, 0.3) is 0 Å². The first-order chi connectivity index (χ1) is 12.1. The van der Waals surface area contributed by atoms with Crippen molar-refractivity contribution in [3.8, 4) is 11.3 Å². The van der Waals surface area contributed by atoms with E-state index in [9.17, 15) is 0 Å². The van der Waals surface area contributed by atoms with Crippen LogP contribution < -0.4 is 11.1 Å². The number of fused-ring (bicyclic) bond motifs is 1. The van der Waals surface area contributed by atoms with Crippen LogP contribution in [0.5, 0.6) is 0 Å². The van der Waals surface area contributed by atoms with Gasteiger partial charge in [-0.05, 0) is 36.4 Å². The zero-order chi connectivity index (χ0) is 17.4. The van der Waals surface area contributed by atoms with Crippen LogP contribution in [-0.2, 0) is 0 Å². The summed E-state index contributed by atoms with van der Waals surface area (Å²) in [7, 11) is 0. The summed E-state index contributed by atoms with van der Waals surface area (Å²) in [5.74, 6) is 0.691. The SMILES string of the molecule is Nc1nc(Nc2ccc3cn[nH]c3c2)cc(-c2cc(Cl)ccc2Cl)n1. The van der Waals surface area contributed by atoms with Crippen LogP contribution >= 0.6 is 23.2 Å². The van der Waals surface area contributed by atoms with Crippen LogP contribution in [0.15, 0.2) is 48.7 Å². The average Bonchev–Trinajstić information content (AvgIpc) is 3.04. The minimum atomic E-state index is 0.138. The molecular weight excluding hydrogens is 359 g/mol. The molecule has 0 amide bonds. The van der Waals surface area contributed by atoms with Crippen molar-refractivity contribution in [2.45, 2.75) is 0 Å². The summed E-state index contributed by atoms with van der Waals surface area (Å²) in [6.45, 7) is 0. The number of nitrogens with one attached hydrogen (secondary N) is 2. The number of aromatic amines is 1. The highest BCUT2D eigenvalue weighted by atomic mass is 35.5. The van der Waals surface area contributed by atoms with E-state index in [1.54, 1.807) is 30.5 Å². The van der Waals surface area contributed by atoms with E-state index in [1.807, 2.05) is 18.2 Å². The van der Waals surface area contributed by atoms with E-state index in [4.69, 9.17) is 28.9 Å². The molecule has 0 aliphatic carbocycles. The lowest BCUT2D eigenvalue weighted by atomic mass is 10.1. The second-order valence-electron chi connectivity index (χ2n) is 5.42. The van der Waals surface area contributed by atoms with Crippen molar-refractivity contribution < 1.29 is 0 Å². The van der Waals surface area contributed by atoms with Crippen molar-refractivity contribution >= 4 is 51.6 Å². The minimum Gasteiger partial charge on any atom is -0.368 e. The predicted molar refractivity (Wildman–Crippen MR) is 101 cm³/mol. The molecular formula is C17H12Cl2N6. The van der Waals surface area contributed by atoms with Gasteiger partial charge in [-0.15, -0.1) is 0 Å². The van der Waals surface area contributed by atoms with E-state index >= 15 is 0 Å². The number of hydrogen-bond donors (Lipinski definition) is 3. The number of anilines is 3. The molecule has 2 heterocycles. The normalized spacial score (nSPS) is 11.0. The highest BCUT2D eigenvalue weighted by molar-refractivity contribution is 6.35. The van der Waals surface area contributed by atoms with E-state index in [0.717, 1.165) is 16.6 Å². The Bertz CT molecular complexity index is 1080. The summed E-state index contributed by atoms with van der Waals surface area (Å²) in [6.07, 6.45) is 1.76. The standard InChI is InChI=1S/C17H12Cl2N6/c18-10-2-4-13(19)12(5-10)15-7-16(24-17(20)23-15)22-11-3-1-9-8-21-25-14(9)6-11/h1-8H,(H,21,25)(H3,20,22,23,24). The van der Waals surface area contributed by atoms with Gasteiger partial charge >= 0.3 is 0 Å². The van der Waals surface area contributed by atoms with Gasteiger partial charge in [-0.3, -0.25) is 5.10 Å². The zero-order valence-corrected chi connectivity index (χ0v) is 14.3. The lowest BCUT2D eigenvalue weighted by Gasteiger charge is -2.10. The fraction of sp³-hybridized carbons (Fsp3) is 0. The Hall–Kier alpha value is -2.83. The number of nitrogens with two attached hydrogens (primary N) is 1. The highest BCUT2D eigenvalue weighted by Gasteiger charge is 2.10. The average molecular weight is 371 g/mol. The molecule has 0 bridgehead atoms. The predicted octanol–water partition coefficient (Wildman–Crippen LogP) is 4.65. The van der Waals surface area contributed by atoms with Gasteiger partial charge in [0.15, 0.2) is 0 Å². The molecule has 0 atom stereocenters. The molecule has 0 aliphatic heterocycles. The lowest BCUT2D eigenvalue weighted by molar-refractivity contribution is 1.12. The van der Waals surface area contributed by atoms with Crippen LogP contribution in [-0.4, -0.2) is 20.2 Å². The van der Waals surface area contributed by atoms with E-state index in [0.29, 0.717) is 27.1 Å². The maximum absolute atomic E-state index is 6.26. The van der Waals surface area contributed by atoms with Crippen LogP contribution in [0, 0.1) is 0 Å². The Labute approximate surface area is 153 Å². The fourth-order valence-electron chi connectivity index (χ4n) is 2.52. The molecule has 2 aromatic carbocycles. The first-order valence-corrected chi connectivity index (χ1v) is 8.14. The quantitative estimate of drug-likeness (QED) is 0.487. The van der Waals surface area contributed by atoms with Crippen LogP contribution in [0.1, 0.15) is 0 Å². The molecule has 2 aromatic heterocycles. The first kappa shape index (κ1) is 15.7. The molecule has 0 aliphatic rings. The Morgan fingerprint density at radius 1 is 1.00 bits per heavy atom. The zero-order valence-electron chi connectivity index (χ0n) is 12.8. The highest BCUT2D eigenvalue weighted by Crippen LogP contribution is 2.31. The number of H-pyrrole nitrogens is 1. The maximum atomic E-state index is 6.26. The molecule has 0 saturated carbocycles. The largest absolute Gasteiger partial charge is 0.368 e. The molecule has 0 spiro atoms. The van der Waals surface area contributed by atoms with Gasteiger partial charge in [0.1, 0.15) is 5.82 Å². The summed E-state index contributed by atoms with van der Waals surface area (Å²) >= 11 is 12.3. The van der Waals surface area contributed by atoms with Crippen molar-refractivity contribution in [1.82, 2.24) is 20.2 Å². The Balaban J connectivity index is 1.73. The van der Waals surface area contributed by atoms with Gasteiger partial charge in [0.2, 0.25) is 5.95 Å². The van der Waals surface area contributed by atoms with Gasteiger partial charge in [-0.25, -0.2) is 4.98 Å². The van der Waals surface area contributed by atoms with E-state index in [2.05, 4.69) is 25.5 Å². The number of nitrogens with zero attached hydrogens (tertiary/aromatic N) is 3. The van der Waals surface area contributed by atoms with E-state index in [-0.39, 0.29) is 5.95 Å². The maximum Gasteiger partial charge on any atom is 0.222 e. The Morgan fingerprint density at radius 2 is 1.88 bits per heavy atom. The van der Waals surface area contributed by atoms with E-state index < -0.39 is 0 Å². The molecule has 6 nitrogen and oxygen atoms in total. The van der Waals surface area contributed by atoms with Crippen LogP contribution in [0.4, 0.5) is 17.5 Å². The molecule has 0 unspecified atom stereocenters. The number of aromatic nitrogens is 4. The fourth-order valence-corrected chi connectivity index (χ4v) is 2.91. The van der Waals surface area contributed by atoms with Gasteiger partial charge in [0, 0.05) is 27.7 Å². The summed E-state index contributed by atoms with van der Waals surface area (Å²) in [5, 5.41) is 12.3. The lowest BCUT2D eigenvalue weighted by Crippen LogP contribution is -2.01. The third kappa shape index (κ3) is 3.22. The topological polar surface area (TPSA) is 92.5 Å². The smallest absolute Gasteiger partial charge is 0.222 e. The van der Waals surface area contributed by atoms with Crippen molar-refractivity contribution in [3.05, 3.63) is 58.7 Å². The minimum absolute atomic E-state index is 0.138. The van der Waals surface area contributed by atoms with Crippen molar-refractivity contribution in [2.75, 3.05) is 11.1 Å². The molecule has 124 valence electrons. The third-order valence-electron chi connectivity index (χ3n) is 3.66. The second kappa shape index (κ2) is 6.23. The van der Waals surface area contributed by atoms with Gasteiger partial charge in [-0.2, -0.15) is 10.1 Å². The van der Waals surface area contributed by atoms with Gasteiger partial charge in [-0.1, -0.05) is 23.2 Å². The molecule has 25 heavy (non-hydrogen) atoms. The molecule has 8 heteroatoms. The molecule has 4 rings (SSSR count). The molecule has 4 N–H and O–H groups in total. The molecule has 0 radical (unpaired) electrons. The Morgan fingerprint density at radius 3 is 2.76 bits per heavy atom. The van der Waals surface area contributed by atoms with E-state index in [1.165, 1.54) is 0 Å². The van der Waals surface area contributed by atoms with Gasteiger partial charge < -0.3 is 11.1 Å². The summed E-state index contributed by atoms with van der Waals surface area (Å²) in [4.78, 5) is 8.48. The number of nitrogen functional groups attached to an aromatic ring is 1. The monoisotopic (exact) mass is 370 g/mol. The molecule has 0 fully saturated rings. The van der Waals surface area contributed by atoms with Crippen LogP contribution in [0.25, 0.3) is 22.2 Å². The second-order valence-corrected chi connectivity index (χ2v) is 6.26. The number of benzene rings is 2. The third-order valence-corrected chi connectivity index (χ3v) is 4.23. The number of rotatable bonds is 3. The number of halogens is 2. The van der Waals surface area contributed by atoms with Crippen LogP contribution in [0.2, 0.25) is 10.0 Å². The van der Waals surface area contributed by atoms with Crippen molar-refractivity contribution in [1.29, 1.82) is 0 Å². The molecule has 0 saturated heterocycles. The summed E-state index contributed by atoms with van der Waals surface area (Å²) in [5.41, 5.74) is 8.90. The number of hydrogen-bond acceptors (Lipinski definition) is 5.